The maximum Gasteiger partial charge on any atom is 0.332 e. The topological polar surface area (TPSA) is 150 Å². The van der Waals surface area contributed by atoms with E-state index in [-0.39, 0.29) is 36.2 Å². The van der Waals surface area contributed by atoms with Crippen molar-refractivity contribution in [3.63, 3.8) is 0 Å². The number of ketones is 1. The van der Waals surface area contributed by atoms with Gasteiger partial charge in [0.05, 0.1) is 12.1 Å². The highest BCUT2D eigenvalue weighted by atomic mass is 32.2. The average molecular weight is 338 g/mol. The van der Waals surface area contributed by atoms with Crippen molar-refractivity contribution in [2.45, 2.75) is 35.4 Å². The summed E-state index contributed by atoms with van der Waals surface area (Å²) in [6, 6.07) is -0.494. The second kappa shape index (κ2) is 5.81. The molecule has 2 heterocycles. The number of nitrogens with one attached hydrogen (secondary N) is 2. The Morgan fingerprint density at radius 3 is 2.62 bits per heavy atom. The van der Waals surface area contributed by atoms with Crippen molar-refractivity contribution in [2.24, 2.45) is 0 Å². The van der Waals surface area contributed by atoms with Gasteiger partial charge in [0.15, 0.2) is 5.78 Å². The molecule has 118 valence electrons. The predicted molar refractivity (Wildman–Crippen MR) is 72.7 cm³/mol. The molecule has 2 amide bonds. The van der Waals surface area contributed by atoms with Gasteiger partial charge in [-0.25, -0.2) is 4.79 Å². The van der Waals surface area contributed by atoms with Crippen molar-refractivity contribution in [2.75, 3.05) is 5.75 Å². The van der Waals surface area contributed by atoms with Crippen LogP contribution in [0.2, 0.25) is 0 Å². The van der Waals surface area contributed by atoms with Crippen LogP contribution >= 0.6 is 11.8 Å². The van der Waals surface area contributed by atoms with E-state index in [1.54, 1.807) is 0 Å². The maximum absolute atomic E-state index is 11.7. The fourth-order valence-corrected chi connectivity index (χ4v) is 4.69. The molecular formula is C10H14N2O7S2. The second-order valence-corrected chi connectivity index (χ2v) is 7.63. The van der Waals surface area contributed by atoms with Gasteiger partial charge in [0.1, 0.15) is 0 Å². The number of thioether (sulfide) groups is 1. The molecule has 0 aromatic heterocycles. The number of Topliss-reactive ketones (excluding diaryl/α,β-unsaturated/α-hetero) is 1. The number of carboxylic acid groups (broad SMARTS) is 1. The molecular weight excluding hydrogens is 324 g/mol. The van der Waals surface area contributed by atoms with Gasteiger partial charge in [-0.2, -0.15) is 20.2 Å². The Balaban J connectivity index is 1.95. The van der Waals surface area contributed by atoms with E-state index in [0.717, 1.165) is 0 Å². The van der Waals surface area contributed by atoms with E-state index in [0.29, 0.717) is 5.75 Å². The molecule has 2 aliphatic heterocycles. The molecule has 2 fully saturated rings. The third-order valence-electron chi connectivity index (χ3n) is 3.43. The summed E-state index contributed by atoms with van der Waals surface area (Å²) in [6.45, 7) is 0. The normalized spacial score (nSPS) is 29.4. The van der Waals surface area contributed by atoms with Crippen molar-refractivity contribution in [3.8, 4) is 0 Å². The molecule has 1 unspecified atom stereocenters. The van der Waals surface area contributed by atoms with Gasteiger partial charge in [-0.05, 0) is 6.42 Å². The highest BCUT2D eigenvalue weighted by Gasteiger charge is 2.44. The Bertz CT molecular complexity index is 576. The van der Waals surface area contributed by atoms with E-state index in [4.69, 9.17) is 9.66 Å². The molecule has 4 atom stereocenters. The first-order valence-electron chi connectivity index (χ1n) is 6.10. The zero-order valence-corrected chi connectivity index (χ0v) is 12.3. The van der Waals surface area contributed by atoms with Crippen LogP contribution in [-0.2, 0) is 19.7 Å². The van der Waals surface area contributed by atoms with E-state index >= 15 is 0 Å². The van der Waals surface area contributed by atoms with Crippen LogP contribution in [0.3, 0.4) is 0 Å². The minimum atomic E-state index is -4.97. The Labute approximate surface area is 124 Å². The van der Waals surface area contributed by atoms with Crippen LogP contribution in [-0.4, -0.2) is 64.2 Å². The molecule has 4 N–H and O–H groups in total. The van der Waals surface area contributed by atoms with E-state index < -0.39 is 27.1 Å². The van der Waals surface area contributed by atoms with Crippen LogP contribution in [0.25, 0.3) is 0 Å². The number of carboxylic acids is 1. The fraction of sp³-hybridized carbons (Fsp3) is 0.700. The highest BCUT2D eigenvalue weighted by molar-refractivity contribution is 8.00. The Morgan fingerprint density at radius 2 is 2.05 bits per heavy atom. The summed E-state index contributed by atoms with van der Waals surface area (Å²) >= 11 is 1.52. The molecule has 2 saturated heterocycles. The molecule has 0 spiro atoms. The van der Waals surface area contributed by atoms with Gasteiger partial charge >= 0.3 is 12.0 Å². The number of amides is 2. The number of carbonyl (C=O) groups is 3. The smallest absolute Gasteiger partial charge is 0.332 e. The lowest BCUT2D eigenvalue weighted by atomic mass is 10.0. The summed E-state index contributed by atoms with van der Waals surface area (Å²) in [5.74, 6) is -2.29. The number of aliphatic carboxylic acids is 1. The minimum absolute atomic E-state index is 0.0422. The summed E-state index contributed by atoms with van der Waals surface area (Å²) < 4.78 is 30.6. The third kappa shape index (κ3) is 3.47. The van der Waals surface area contributed by atoms with Crippen molar-refractivity contribution >= 4 is 39.7 Å². The van der Waals surface area contributed by atoms with Crippen LogP contribution in [0, 0.1) is 0 Å². The molecule has 11 heteroatoms. The molecule has 0 aromatic carbocycles. The standard InChI is InChI=1S/C10H14N2O7S2/c13-5(8(9(14)15)21(17,18)19)1-2-6-7-4(3-20-6)11-10(16)12-7/h4,6-8H,1-3H2,(H,14,15)(H2,11,12,16)(H,17,18,19)/t4-,6-,7-,8?/m0/s1. The van der Waals surface area contributed by atoms with Gasteiger partial charge in [-0.1, -0.05) is 0 Å². The van der Waals surface area contributed by atoms with Gasteiger partial charge in [0.2, 0.25) is 5.25 Å². The van der Waals surface area contributed by atoms with Crippen molar-refractivity contribution < 1.29 is 32.5 Å². The molecule has 2 aliphatic rings. The third-order valence-corrected chi connectivity index (χ3v) is 6.00. The summed E-state index contributed by atoms with van der Waals surface area (Å²) in [5, 5.41) is 11.6. The number of hydrogen-bond donors (Lipinski definition) is 4. The lowest BCUT2D eigenvalue weighted by Crippen LogP contribution is -2.40. The molecule has 0 radical (unpaired) electrons. The van der Waals surface area contributed by atoms with E-state index in [2.05, 4.69) is 10.6 Å². The molecule has 0 aliphatic carbocycles. The van der Waals surface area contributed by atoms with Gasteiger partial charge < -0.3 is 15.7 Å². The van der Waals surface area contributed by atoms with E-state index in [1.165, 1.54) is 11.8 Å². The number of urea groups is 1. The molecule has 0 aromatic rings. The minimum Gasteiger partial charge on any atom is -0.480 e. The maximum atomic E-state index is 11.7. The first-order chi connectivity index (χ1) is 9.70. The molecule has 0 bridgehead atoms. The molecule has 21 heavy (non-hydrogen) atoms. The zero-order valence-electron chi connectivity index (χ0n) is 10.7. The largest absolute Gasteiger partial charge is 0.480 e. The Kier molecular flexibility index (Phi) is 4.44. The van der Waals surface area contributed by atoms with Crippen LogP contribution in [0.1, 0.15) is 12.8 Å². The lowest BCUT2D eigenvalue weighted by Gasteiger charge is -2.16. The van der Waals surface area contributed by atoms with Crippen molar-refractivity contribution in [3.05, 3.63) is 0 Å². The summed E-state index contributed by atoms with van der Waals surface area (Å²) in [6.07, 6.45) is -0.0700. The SMILES string of the molecule is O=C1N[C@H]2[C@H](CS[C@H]2CCC(=O)C(C(=O)O)S(=O)(=O)O)N1. The Morgan fingerprint density at radius 1 is 1.38 bits per heavy atom. The highest BCUT2D eigenvalue weighted by Crippen LogP contribution is 2.33. The number of fused-ring (bicyclic) bond motifs is 1. The Hall–Kier alpha value is -1.33. The summed E-state index contributed by atoms with van der Waals surface area (Å²) in [5.41, 5.74) is 0. The van der Waals surface area contributed by atoms with Crippen molar-refractivity contribution in [1.82, 2.24) is 10.6 Å². The number of hydrogen-bond acceptors (Lipinski definition) is 6. The van der Waals surface area contributed by atoms with Gasteiger partial charge in [0, 0.05) is 17.4 Å². The van der Waals surface area contributed by atoms with Crippen molar-refractivity contribution in [1.29, 1.82) is 0 Å². The van der Waals surface area contributed by atoms with Crippen LogP contribution < -0.4 is 10.6 Å². The van der Waals surface area contributed by atoms with Crippen LogP contribution in [0.15, 0.2) is 0 Å². The lowest BCUT2D eigenvalue weighted by molar-refractivity contribution is -0.139. The van der Waals surface area contributed by atoms with Crippen LogP contribution in [0.4, 0.5) is 4.79 Å². The molecule has 0 saturated carbocycles. The van der Waals surface area contributed by atoms with E-state index in [9.17, 15) is 22.8 Å². The zero-order chi connectivity index (χ0) is 15.8. The van der Waals surface area contributed by atoms with E-state index in [1.807, 2.05) is 0 Å². The first-order valence-corrected chi connectivity index (χ1v) is 8.66. The number of rotatable bonds is 6. The van der Waals surface area contributed by atoms with Crippen LogP contribution in [0.5, 0.6) is 0 Å². The first kappa shape index (κ1) is 16.0. The average Bonchev–Trinajstić information content (AvgIpc) is 2.83. The predicted octanol–water partition coefficient (Wildman–Crippen LogP) is -1.16. The monoisotopic (exact) mass is 338 g/mol. The van der Waals surface area contributed by atoms with Gasteiger partial charge in [-0.15, -0.1) is 0 Å². The summed E-state index contributed by atoms with van der Waals surface area (Å²) in [4.78, 5) is 33.7. The molecule has 2 rings (SSSR count). The molecule has 9 nitrogen and oxygen atoms in total. The fourth-order valence-electron chi connectivity index (χ4n) is 2.49. The van der Waals surface area contributed by atoms with Gasteiger partial charge in [0.25, 0.3) is 10.1 Å². The number of carbonyl (C=O) groups excluding carboxylic acids is 2. The van der Waals surface area contributed by atoms with Gasteiger partial charge in [-0.3, -0.25) is 14.1 Å². The second-order valence-electron chi connectivity index (χ2n) is 4.86. The quantitative estimate of drug-likeness (QED) is 0.269. The summed E-state index contributed by atoms with van der Waals surface area (Å²) in [7, 11) is -4.97.